The van der Waals surface area contributed by atoms with Gasteiger partial charge in [-0.3, -0.25) is 9.48 Å². The van der Waals surface area contributed by atoms with Crippen LogP contribution < -0.4 is 10.1 Å². The van der Waals surface area contributed by atoms with Crippen molar-refractivity contribution >= 4 is 29.3 Å². The summed E-state index contributed by atoms with van der Waals surface area (Å²) in [6, 6.07) is 9.22. The topological polar surface area (TPSA) is 79.9 Å². The van der Waals surface area contributed by atoms with E-state index in [0.717, 1.165) is 17.8 Å². The Labute approximate surface area is 170 Å². The Morgan fingerprint density at radius 2 is 2.25 bits per heavy atom. The molecule has 1 amide bonds. The van der Waals surface area contributed by atoms with Crippen LogP contribution in [0.25, 0.3) is 6.08 Å². The number of benzene rings is 1. The lowest BCUT2D eigenvalue weighted by atomic mass is 10.2. The highest BCUT2D eigenvalue weighted by Crippen LogP contribution is 2.22. The average Bonchev–Trinajstić information content (AvgIpc) is 2.90. The van der Waals surface area contributed by atoms with Gasteiger partial charge in [-0.1, -0.05) is 31.5 Å². The van der Waals surface area contributed by atoms with Crippen molar-refractivity contribution in [3.8, 4) is 11.8 Å². The van der Waals surface area contributed by atoms with Crippen molar-refractivity contribution in [1.29, 1.82) is 5.26 Å². The van der Waals surface area contributed by atoms with E-state index < -0.39 is 0 Å². The van der Waals surface area contributed by atoms with Crippen LogP contribution in [0.4, 0.5) is 5.69 Å². The van der Waals surface area contributed by atoms with E-state index in [2.05, 4.69) is 30.3 Å². The molecule has 7 heteroatoms. The molecular formula is C21H25ClN4O2. The molecule has 0 aliphatic carbocycles. The lowest BCUT2D eigenvalue weighted by molar-refractivity contribution is -0.111. The molecule has 6 nitrogen and oxygen atoms in total. The summed E-state index contributed by atoms with van der Waals surface area (Å²) in [6.45, 7) is 7.24. The number of halogens is 1. The van der Waals surface area contributed by atoms with E-state index in [0.29, 0.717) is 42.0 Å². The fraction of sp³-hybridized carbons (Fsp3) is 0.381. The Hall–Kier alpha value is -2.78. The van der Waals surface area contributed by atoms with Gasteiger partial charge in [-0.15, -0.1) is 0 Å². The van der Waals surface area contributed by atoms with Crippen molar-refractivity contribution in [2.45, 2.75) is 40.2 Å². The van der Waals surface area contributed by atoms with Gasteiger partial charge in [-0.05, 0) is 37.5 Å². The van der Waals surface area contributed by atoms with Gasteiger partial charge in [-0.25, -0.2) is 0 Å². The van der Waals surface area contributed by atoms with Crippen LogP contribution in [0.15, 0.2) is 30.3 Å². The molecule has 0 radical (unpaired) electrons. The van der Waals surface area contributed by atoms with E-state index in [4.69, 9.17) is 21.6 Å². The highest BCUT2D eigenvalue weighted by atomic mass is 35.5. The highest BCUT2D eigenvalue weighted by Gasteiger charge is 2.12. The monoisotopic (exact) mass is 400 g/mol. The number of nitrogens with one attached hydrogen (secondary N) is 1. The Morgan fingerprint density at radius 1 is 1.46 bits per heavy atom. The average molecular weight is 401 g/mol. The number of carbonyl (C=O) groups excluding carboxylic acids is 1. The largest absolute Gasteiger partial charge is 0.493 e. The summed E-state index contributed by atoms with van der Waals surface area (Å²) < 4.78 is 7.33. The van der Waals surface area contributed by atoms with Crippen LogP contribution >= 0.6 is 11.6 Å². The summed E-state index contributed by atoms with van der Waals surface area (Å²) in [6.07, 6.45) is 4.24. The lowest BCUT2D eigenvalue weighted by Gasteiger charge is -2.07. The van der Waals surface area contributed by atoms with E-state index in [9.17, 15) is 4.79 Å². The molecule has 1 aromatic heterocycles. The van der Waals surface area contributed by atoms with Crippen LogP contribution in [0.3, 0.4) is 0 Å². The predicted molar refractivity (Wildman–Crippen MR) is 111 cm³/mol. The van der Waals surface area contributed by atoms with Gasteiger partial charge in [-0.2, -0.15) is 10.4 Å². The van der Waals surface area contributed by atoms with Gasteiger partial charge in [0.2, 0.25) is 5.91 Å². The van der Waals surface area contributed by atoms with Crippen molar-refractivity contribution in [2.24, 2.45) is 5.92 Å². The van der Waals surface area contributed by atoms with Crippen LogP contribution in [-0.4, -0.2) is 22.3 Å². The summed E-state index contributed by atoms with van der Waals surface area (Å²) in [5.41, 5.74) is 2.15. The number of hydrogen-bond acceptors (Lipinski definition) is 4. The number of rotatable bonds is 9. The Balaban J connectivity index is 1.99. The van der Waals surface area contributed by atoms with Crippen LogP contribution in [0.2, 0.25) is 5.15 Å². The van der Waals surface area contributed by atoms with Crippen molar-refractivity contribution in [2.75, 3.05) is 11.9 Å². The summed E-state index contributed by atoms with van der Waals surface area (Å²) in [7, 11) is 0. The summed E-state index contributed by atoms with van der Waals surface area (Å²) in [5.74, 6) is 0.800. The van der Waals surface area contributed by atoms with Crippen LogP contribution in [0, 0.1) is 24.2 Å². The summed E-state index contributed by atoms with van der Waals surface area (Å²) >= 11 is 6.39. The first kappa shape index (κ1) is 21.5. The number of anilines is 1. The normalized spacial score (nSPS) is 11.0. The van der Waals surface area contributed by atoms with Gasteiger partial charge in [0, 0.05) is 36.4 Å². The van der Waals surface area contributed by atoms with Gasteiger partial charge in [0.05, 0.1) is 18.4 Å². The smallest absolute Gasteiger partial charge is 0.248 e. The quantitative estimate of drug-likeness (QED) is 0.482. The van der Waals surface area contributed by atoms with Gasteiger partial charge in [0.1, 0.15) is 10.9 Å². The Bertz CT molecular complexity index is 881. The van der Waals surface area contributed by atoms with Crippen LogP contribution in [-0.2, 0) is 11.3 Å². The minimum absolute atomic E-state index is 0.270. The minimum Gasteiger partial charge on any atom is -0.493 e. The number of hydrogen-bond donors (Lipinski definition) is 1. The maximum atomic E-state index is 12.3. The fourth-order valence-electron chi connectivity index (χ4n) is 2.57. The first-order chi connectivity index (χ1) is 13.4. The van der Waals surface area contributed by atoms with E-state index in [1.165, 1.54) is 6.08 Å². The second-order valence-electron chi connectivity index (χ2n) is 6.83. The molecule has 0 fully saturated rings. The second kappa shape index (κ2) is 10.5. The van der Waals surface area contributed by atoms with Crippen LogP contribution in [0.1, 0.15) is 37.9 Å². The Morgan fingerprint density at radius 3 is 2.96 bits per heavy atom. The molecule has 2 rings (SSSR count). The zero-order valence-electron chi connectivity index (χ0n) is 16.4. The molecule has 0 aliphatic rings. The molecule has 1 heterocycles. The molecular weight excluding hydrogens is 376 g/mol. The molecule has 0 unspecified atom stereocenters. The maximum Gasteiger partial charge on any atom is 0.248 e. The highest BCUT2D eigenvalue weighted by molar-refractivity contribution is 6.31. The predicted octanol–water partition coefficient (Wildman–Crippen LogP) is 4.84. The fourth-order valence-corrected chi connectivity index (χ4v) is 2.88. The van der Waals surface area contributed by atoms with E-state index in [1.807, 2.05) is 13.0 Å². The maximum absolute atomic E-state index is 12.3. The molecule has 0 bridgehead atoms. The first-order valence-corrected chi connectivity index (χ1v) is 9.60. The van der Waals surface area contributed by atoms with E-state index in [1.54, 1.807) is 29.0 Å². The number of carbonyl (C=O) groups is 1. The van der Waals surface area contributed by atoms with Gasteiger partial charge >= 0.3 is 0 Å². The third-order valence-electron chi connectivity index (χ3n) is 3.85. The number of aromatic nitrogens is 2. The number of nitrogens with zero attached hydrogens (tertiary/aromatic N) is 3. The molecule has 28 heavy (non-hydrogen) atoms. The molecule has 1 aromatic carbocycles. The number of ether oxygens (including phenoxy) is 1. The standard InChI is InChI=1S/C21H25ClN4O2/c1-15(2)14-26-21(22)19(16(3)25-26)9-10-20(27)24-17-7-6-8-18(13-17)28-12-5-4-11-23/h6-10,13,15H,4-5,12,14H2,1-3H3,(H,24,27)/b10-9+. The van der Waals surface area contributed by atoms with E-state index in [-0.39, 0.29) is 5.91 Å². The number of unbranched alkanes of at least 4 members (excludes halogenated alkanes) is 1. The van der Waals surface area contributed by atoms with Crippen molar-refractivity contribution in [3.05, 3.63) is 46.8 Å². The zero-order valence-corrected chi connectivity index (χ0v) is 17.2. The first-order valence-electron chi connectivity index (χ1n) is 9.22. The lowest BCUT2D eigenvalue weighted by Crippen LogP contribution is -2.08. The molecule has 0 atom stereocenters. The zero-order chi connectivity index (χ0) is 20.5. The van der Waals surface area contributed by atoms with Crippen molar-refractivity contribution in [1.82, 2.24) is 9.78 Å². The summed E-state index contributed by atoms with van der Waals surface area (Å²) in [4.78, 5) is 12.3. The molecule has 0 spiro atoms. The van der Waals surface area contributed by atoms with Crippen LogP contribution in [0.5, 0.6) is 5.75 Å². The molecule has 2 aromatic rings. The molecule has 0 saturated carbocycles. The molecule has 0 saturated heterocycles. The summed E-state index contributed by atoms with van der Waals surface area (Å²) in [5, 5.41) is 16.3. The molecule has 1 N–H and O–H groups in total. The third kappa shape index (κ3) is 6.43. The second-order valence-corrected chi connectivity index (χ2v) is 7.18. The third-order valence-corrected chi connectivity index (χ3v) is 4.25. The molecule has 148 valence electrons. The van der Waals surface area contributed by atoms with Gasteiger partial charge < -0.3 is 10.1 Å². The number of nitriles is 1. The number of aryl methyl sites for hydroxylation is 1. The van der Waals surface area contributed by atoms with Crippen molar-refractivity contribution in [3.63, 3.8) is 0 Å². The van der Waals surface area contributed by atoms with Gasteiger partial charge in [0.15, 0.2) is 0 Å². The number of amides is 1. The molecule has 0 aliphatic heterocycles. The SMILES string of the molecule is Cc1nn(CC(C)C)c(Cl)c1/C=C/C(=O)Nc1cccc(OCCCC#N)c1. The van der Waals surface area contributed by atoms with Crippen molar-refractivity contribution < 1.29 is 9.53 Å². The van der Waals surface area contributed by atoms with Gasteiger partial charge in [0.25, 0.3) is 0 Å². The van der Waals surface area contributed by atoms with E-state index >= 15 is 0 Å². The Kier molecular flexibility index (Phi) is 8.09. The minimum atomic E-state index is -0.270.